The van der Waals surface area contributed by atoms with Gasteiger partial charge in [-0.05, 0) is 45.0 Å². The van der Waals surface area contributed by atoms with Gasteiger partial charge in [0.1, 0.15) is 17.5 Å². The number of likely N-dealkylation sites (tertiary alicyclic amines) is 1. The second-order valence-electron chi connectivity index (χ2n) is 9.49. The van der Waals surface area contributed by atoms with Crippen molar-refractivity contribution < 1.29 is 18.7 Å². The Labute approximate surface area is 223 Å². The zero-order valence-corrected chi connectivity index (χ0v) is 21.4. The van der Waals surface area contributed by atoms with E-state index in [2.05, 4.69) is 20.3 Å². The summed E-state index contributed by atoms with van der Waals surface area (Å²) in [6.45, 7) is 3.18. The number of carboxylic acid groups (broad SMARTS) is 1. The number of aromatic nitrogens is 3. The third kappa shape index (κ3) is 5.44. The van der Waals surface area contributed by atoms with Gasteiger partial charge < -0.3 is 10.4 Å². The molecule has 10 heteroatoms. The molecule has 2 N–H and O–H groups in total. The molecule has 38 heavy (non-hydrogen) atoms. The molecule has 1 aliphatic rings. The molecule has 4 aromatic rings. The molecule has 0 amide bonds. The van der Waals surface area contributed by atoms with Gasteiger partial charge in [0.25, 0.3) is 0 Å². The summed E-state index contributed by atoms with van der Waals surface area (Å²) in [7, 11) is 0. The van der Waals surface area contributed by atoms with Crippen LogP contribution in [0.4, 0.5) is 14.5 Å². The molecule has 1 saturated heterocycles. The number of rotatable bonds is 7. The van der Waals surface area contributed by atoms with Crippen LogP contribution in [0, 0.1) is 11.6 Å². The number of carboxylic acids is 1. The Kier molecular flexibility index (Phi) is 7.49. The van der Waals surface area contributed by atoms with Crippen molar-refractivity contribution in [1.82, 2.24) is 19.9 Å². The number of pyridine rings is 1. The number of nitrogens with zero attached hydrogens (tertiary/aromatic N) is 4. The van der Waals surface area contributed by atoms with Crippen molar-refractivity contribution in [2.75, 3.05) is 25.0 Å². The molecule has 0 aliphatic carbocycles. The molecular formula is C28H26ClF2N5O2. The largest absolute Gasteiger partial charge is 0.480 e. The zero-order valence-electron chi connectivity index (χ0n) is 20.7. The standard InChI is InChI=1S/C28H26ClF2N5O2/c1-16(19-4-2-3-5-23(19)30)35-27-21-10-20(24(31)11-25(21)32-14-22(27)29)18-12-33-28(34-13-18)17-6-8-36(9-7-17)15-26(37)38/h2-5,10-14,16-17H,6-9,15H2,1H3,(H,32,35)(H,37,38). The van der Waals surface area contributed by atoms with Gasteiger partial charge in [-0.1, -0.05) is 29.8 Å². The highest BCUT2D eigenvalue weighted by Gasteiger charge is 2.24. The number of aliphatic carboxylic acids is 1. The van der Waals surface area contributed by atoms with Gasteiger partial charge in [-0.2, -0.15) is 0 Å². The molecule has 1 atom stereocenters. The smallest absolute Gasteiger partial charge is 0.317 e. The number of carbonyl (C=O) groups is 1. The lowest BCUT2D eigenvalue weighted by molar-refractivity contribution is -0.138. The summed E-state index contributed by atoms with van der Waals surface area (Å²) >= 11 is 6.48. The Balaban J connectivity index is 1.42. The quantitative estimate of drug-likeness (QED) is 0.296. The van der Waals surface area contributed by atoms with Crippen molar-refractivity contribution in [3.63, 3.8) is 0 Å². The molecule has 1 aliphatic heterocycles. The van der Waals surface area contributed by atoms with E-state index in [-0.39, 0.29) is 18.3 Å². The van der Waals surface area contributed by atoms with Crippen LogP contribution in [0.1, 0.15) is 43.1 Å². The number of benzene rings is 2. The van der Waals surface area contributed by atoms with E-state index >= 15 is 4.39 Å². The molecule has 2 aromatic heterocycles. The van der Waals surface area contributed by atoms with E-state index in [0.717, 1.165) is 12.8 Å². The molecule has 0 spiro atoms. The molecule has 0 radical (unpaired) electrons. The van der Waals surface area contributed by atoms with E-state index < -0.39 is 17.8 Å². The van der Waals surface area contributed by atoms with Crippen LogP contribution in [0.15, 0.2) is 55.0 Å². The van der Waals surface area contributed by atoms with Gasteiger partial charge >= 0.3 is 5.97 Å². The van der Waals surface area contributed by atoms with E-state index in [1.54, 1.807) is 36.7 Å². The van der Waals surface area contributed by atoms with Gasteiger partial charge in [-0.3, -0.25) is 14.7 Å². The van der Waals surface area contributed by atoms with Crippen molar-refractivity contribution in [1.29, 1.82) is 0 Å². The second kappa shape index (κ2) is 11.0. The summed E-state index contributed by atoms with van der Waals surface area (Å²) in [4.78, 5) is 26.1. The number of hydrogen-bond acceptors (Lipinski definition) is 6. The number of fused-ring (bicyclic) bond motifs is 1. The number of anilines is 1. The third-order valence-corrected chi connectivity index (χ3v) is 7.22. The Morgan fingerprint density at radius 1 is 1.11 bits per heavy atom. The molecule has 3 heterocycles. The topological polar surface area (TPSA) is 91.2 Å². The van der Waals surface area contributed by atoms with Crippen LogP contribution >= 0.6 is 11.6 Å². The fourth-order valence-electron chi connectivity index (χ4n) is 4.91. The predicted octanol–water partition coefficient (Wildman–Crippen LogP) is 6.06. The Morgan fingerprint density at radius 2 is 1.82 bits per heavy atom. The lowest BCUT2D eigenvalue weighted by Crippen LogP contribution is -2.37. The van der Waals surface area contributed by atoms with Crippen molar-refractivity contribution >= 4 is 34.2 Å². The first-order valence-corrected chi connectivity index (χ1v) is 12.7. The third-order valence-electron chi connectivity index (χ3n) is 6.94. The van der Waals surface area contributed by atoms with Crippen LogP contribution in [0.5, 0.6) is 0 Å². The van der Waals surface area contributed by atoms with E-state index in [0.29, 0.717) is 57.2 Å². The zero-order chi connectivity index (χ0) is 26.8. The van der Waals surface area contributed by atoms with Crippen LogP contribution in [-0.4, -0.2) is 50.6 Å². The highest BCUT2D eigenvalue weighted by molar-refractivity contribution is 6.34. The first-order valence-electron chi connectivity index (χ1n) is 12.4. The van der Waals surface area contributed by atoms with Crippen molar-refractivity contribution in [3.05, 3.63) is 83.0 Å². The minimum atomic E-state index is -0.835. The number of hydrogen-bond donors (Lipinski definition) is 2. The molecule has 1 fully saturated rings. The average molecular weight is 538 g/mol. The molecule has 7 nitrogen and oxygen atoms in total. The van der Waals surface area contributed by atoms with E-state index in [9.17, 15) is 9.18 Å². The van der Waals surface area contributed by atoms with Crippen LogP contribution in [0.2, 0.25) is 5.02 Å². The summed E-state index contributed by atoms with van der Waals surface area (Å²) in [5, 5.41) is 13.2. The van der Waals surface area contributed by atoms with E-state index in [1.165, 1.54) is 18.3 Å². The fraction of sp³-hybridized carbons (Fsp3) is 0.286. The molecule has 2 aromatic carbocycles. The van der Waals surface area contributed by atoms with Gasteiger partial charge in [0.2, 0.25) is 0 Å². The van der Waals surface area contributed by atoms with Gasteiger partial charge in [-0.15, -0.1) is 0 Å². The first kappa shape index (κ1) is 25.9. The maximum absolute atomic E-state index is 15.2. The van der Waals surface area contributed by atoms with E-state index in [1.807, 2.05) is 11.8 Å². The number of halogens is 3. The minimum Gasteiger partial charge on any atom is -0.480 e. The minimum absolute atomic E-state index is 0.0303. The second-order valence-corrected chi connectivity index (χ2v) is 9.90. The van der Waals surface area contributed by atoms with Gasteiger partial charge in [0.05, 0.1) is 28.8 Å². The molecule has 0 saturated carbocycles. The van der Waals surface area contributed by atoms with Crippen LogP contribution in [0.3, 0.4) is 0 Å². The average Bonchev–Trinajstić information content (AvgIpc) is 2.90. The van der Waals surface area contributed by atoms with Crippen LogP contribution < -0.4 is 5.32 Å². The summed E-state index contributed by atoms with van der Waals surface area (Å²) in [5.74, 6) is -0.861. The summed E-state index contributed by atoms with van der Waals surface area (Å²) in [6.07, 6.45) is 6.16. The van der Waals surface area contributed by atoms with Gasteiger partial charge in [0.15, 0.2) is 0 Å². The van der Waals surface area contributed by atoms with Crippen LogP contribution in [0.25, 0.3) is 22.0 Å². The summed E-state index contributed by atoms with van der Waals surface area (Å²) < 4.78 is 29.5. The summed E-state index contributed by atoms with van der Waals surface area (Å²) in [6, 6.07) is 9.08. The maximum atomic E-state index is 15.2. The molecule has 5 rings (SSSR count). The van der Waals surface area contributed by atoms with Crippen molar-refractivity contribution in [2.45, 2.75) is 31.7 Å². The highest BCUT2D eigenvalue weighted by atomic mass is 35.5. The van der Waals surface area contributed by atoms with Gasteiger partial charge in [0, 0.05) is 52.7 Å². The van der Waals surface area contributed by atoms with Crippen LogP contribution in [-0.2, 0) is 4.79 Å². The molecule has 1 unspecified atom stereocenters. The monoisotopic (exact) mass is 537 g/mol. The Morgan fingerprint density at radius 3 is 2.50 bits per heavy atom. The lowest BCUT2D eigenvalue weighted by atomic mass is 9.95. The van der Waals surface area contributed by atoms with E-state index in [4.69, 9.17) is 16.7 Å². The molecule has 196 valence electrons. The maximum Gasteiger partial charge on any atom is 0.317 e. The predicted molar refractivity (Wildman–Crippen MR) is 142 cm³/mol. The highest BCUT2D eigenvalue weighted by Crippen LogP contribution is 2.36. The van der Waals surface area contributed by atoms with Gasteiger partial charge in [-0.25, -0.2) is 18.7 Å². The number of piperidine rings is 1. The Hall–Kier alpha value is -3.69. The summed E-state index contributed by atoms with van der Waals surface area (Å²) in [5.41, 5.74) is 2.22. The lowest BCUT2D eigenvalue weighted by Gasteiger charge is -2.29. The SMILES string of the molecule is CC(Nc1c(Cl)cnc2cc(F)c(-c3cnc(C4CCN(CC(=O)O)CC4)nc3)cc12)c1ccccc1F. The normalized spacial score (nSPS) is 15.5. The van der Waals surface area contributed by atoms with Crippen molar-refractivity contribution in [2.24, 2.45) is 0 Å². The molecular weight excluding hydrogens is 512 g/mol. The Bertz CT molecular complexity index is 1480. The number of nitrogens with one attached hydrogen (secondary N) is 1. The fourth-order valence-corrected chi connectivity index (χ4v) is 5.11. The van der Waals surface area contributed by atoms with Crippen molar-refractivity contribution in [3.8, 4) is 11.1 Å². The first-order chi connectivity index (χ1) is 18.3. The molecule has 0 bridgehead atoms.